The van der Waals surface area contributed by atoms with Crippen LogP contribution in [0, 0.1) is 18.6 Å². The van der Waals surface area contributed by atoms with Gasteiger partial charge >= 0.3 is 0 Å². The standard InChI is InChI=1S/C9H12F2N2/c1-5-6(10)4-13-8(7(5)11)9(2,3)12/h4H,12H2,1-3H3. The highest BCUT2D eigenvalue weighted by atomic mass is 19.1. The van der Waals surface area contributed by atoms with Gasteiger partial charge in [-0.2, -0.15) is 0 Å². The van der Waals surface area contributed by atoms with Crippen molar-refractivity contribution in [3.8, 4) is 0 Å². The molecule has 72 valence electrons. The molecule has 1 aromatic heterocycles. The predicted octanol–water partition coefficient (Wildman–Crippen LogP) is 1.86. The van der Waals surface area contributed by atoms with Crippen LogP contribution in [0.1, 0.15) is 25.1 Å². The van der Waals surface area contributed by atoms with Crippen molar-refractivity contribution < 1.29 is 8.78 Å². The van der Waals surface area contributed by atoms with E-state index in [1.54, 1.807) is 13.8 Å². The molecular weight excluding hydrogens is 174 g/mol. The van der Waals surface area contributed by atoms with Crippen LogP contribution in [0.5, 0.6) is 0 Å². The molecule has 0 aromatic carbocycles. The fraction of sp³-hybridized carbons (Fsp3) is 0.444. The molecule has 2 N–H and O–H groups in total. The molecule has 0 bridgehead atoms. The van der Waals surface area contributed by atoms with Crippen molar-refractivity contribution in [1.29, 1.82) is 0 Å². The Balaban J connectivity index is 3.35. The second kappa shape index (κ2) is 3.03. The Morgan fingerprint density at radius 1 is 1.38 bits per heavy atom. The third kappa shape index (κ3) is 1.83. The maximum atomic E-state index is 13.4. The Morgan fingerprint density at radius 2 is 1.92 bits per heavy atom. The Labute approximate surface area is 75.8 Å². The van der Waals surface area contributed by atoms with Crippen LogP contribution < -0.4 is 5.73 Å². The summed E-state index contributed by atoms with van der Waals surface area (Å²) in [6.45, 7) is 4.60. The summed E-state index contributed by atoms with van der Waals surface area (Å²) in [4.78, 5) is 3.63. The lowest BCUT2D eigenvalue weighted by Crippen LogP contribution is -2.31. The first-order valence-corrected chi connectivity index (χ1v) is 3.94. The molecule has 0 fully saturated rings. The van der Waals surface area contributed by atoms with Crippen molar-refractivity contribution in [2.75, 3.05) is 0 Å². The second-order valence-corrected chi connectivity index (χ2v) is 3.62. The molecule has 2 nitrogen and oxygen atoms in total. The molecule has 13 heavy (non-hydrogen) atoms. The average Bonchev–Trinajstić information content (AvgIpc) is 1.98. The first kappa shape index (κ1) is 10.1. The molecule has 0 amide bonds. The molecule has 0 atom stereocenters. The normalized spacial score (nSPS) is 11.8. The predicted molar refractivity (Wildman–Crippen MR) is 46.1 cm³/mol. The summed E-state index contributed by atoms with van der Waals surface area (Å²) < 4.78 is 26.2. The average molecular weight is 186 g/mol. The number of nitrogens with two attached hydrogens (primary N) is 1. The number of halogens is 2. The lowest BCUT2D eigenvalue weighted by molar-refractivity contribution is 0.465. The number of hydrogen-bond acceptors (Lipinski definition) is 2. The molecule has 0 aliphatic carbocycles. The van der Waals surface area contributed by atoms with E-state index in [9.17, 15) is 8.78 Å². The van der Waals surface area contributed by atoms with Crippen molar-refractivity contribution >= 4 is 0 Å². The maximum Gasteiger partial charge on any atom is 0.152 e. The second-order valence-electron chi connectivity index (χ2n) is 3.62. The van der Waals surface area contributed by atoms with Gasteiger partial charge in [-0.1, -0.05) is 0 Å². The molecule has 0 aliphatic rings. The fourth-order valence-corrected chi connectivity index (χ4v) is 1.01. The van der Waals surface area contributed by atoms with Gasteiger partial charge in [-0.05, 0) is 20.8 Å². The molecule has 0 saturated heterocycles. The van der Waals surface area contributed by atoms with Gasteiger partial charge in [0.2, 0.25) is 0 Å². The summed E-state index contributed by atoms with van der Waals surface area (Å²) in [5.41, 5.74) is 4.82. The molecule has 4 heteroatoms. The monoisotopic (exact) mass is 186 g/mol. The van der Waals surface area contributed by atoms with E-state index >= 15 is 0 Å². The molecule has 0 unspecified atom stereocenters. The van der Waals surface area contributed by atoms with E-state index in [0.717, 1.165) is 6.20 Å². The zero-order valence-electron chi connectivity index (χ0n) is 7.86. The SMILES string of the molecule is Cc1c(F)cnc(C(C)(C)N)c1F. The number of pyridine rings is 1. The van der Waals surface area contributed by atoms with E-state index in [2.05, 4.69) is 4.98 Å². The van der Waals surface area contributed by atoms with E-state index < -0.39 is 17.2 Å². The summed E-state index contributed by atoms with van der Waals surface area (Å²) in [5, 5.41) is 0. The Hall–Kier alpha value is -1.03. The van der Waals surface area contributed by atoms with Crippen LogP contribution in [0.3, 0.4) is 0 Å². The topological polar surface area (TPSA) is 38.9 Å². The third-order valence-corrected chi connectivity index (χ3v) is 1.81. The van der Waals surface area contributed by atoms with Gasteiger partial charge in [-0.3, -0.25) is 4.98 Å². The molecule has 1 rings (SSSR count). The lowest BCUT2D eigenvalue weighted by atomic mass is 9.99. The summed E-state index contributed by atoms with van der Waals surface area (Å²) in [6, 6.07) is 0. The molecule has 0 radical (unpaired) electrons. The van der Waals surface area contributed by atoms with Crippen molar-refractivity contribution in [1.82, 2.24) is 4.98 Å². The van der Waals surface area contributed by atoms with Crippen LogP contribution in [-0.2, 0) is 5.54 Å². The minimum absolute atomic E-state index is 0.0384. The van der Waals surface area contributed by atoms with E-state index in [1.165, 1.54) is 6.92 Å². The molecule has 0 aliphatic heterocycles. The van der Waals surface area contributed by atoms with E-state index in [0.29, 0.717) is 0 Å². The number of aromatic nitrogens is 1. The zero-order chi connectivity index (χ0) is 10.2. The highest BCUT2D eigenvalue weighted by Crippen LogP contribution is 2.21. The maximum absolute atomic E-state index is 13.4. The van der Waals surface area contributed by atoms with Gasteiger partial charge in [0, 0.05) is 5.56 Å². The first-order valence-electron chi connectivity index (χ1n) is 3.94. The van der Waals surface area contributed by atoms with Gasteiger partial charge in [0.25, 0.3) is 0 Å². The molecule has 1 aromatic rings. The van der Waals surface area contributed by atoms with Crippen LogP contribution in [0.2, 0.25) is 0 Å². The summed E-state index contributed by atoms with van der Waals surface area (Å²) in [7, 11) is 0. The smallest absolute Gasteiger partial charge is 0.152 e. The number of rotatable bonds is 1. The summed E-state index contributed by atoms with van der Waals surface area (Å²) in [6.07, 6.45) is 0.988. The van der Waals surface area contributed by atoms with Crippen molar-refractivity contribution in [2.24, 2.45) is 5.73 Å². The van der Waals surface area contributed by atoms with Crippen molar-refractivity contribution in [3.63, 3.8) is 0 Å². The quantitative estimate of drug-likeness (QED) is 0.727. The number of nitrogens with zero attached hydrogens (tertiary/aromatic N) is 1. The summed E-state index contributed by atoms with van der Waals surface area (Å²) >= 11 is 0. The molecular formula is C9H12F2N2. The van der Waals surface area contributed by atoms with E-state index in [-0.39, 0.29) is 11.3 Å². The van der Waals surface area contributed by atoms with Crippen LogP contribution in [0.15, 0.2) is 6.20 Å². The number of hydrogen-bond donors (Lipinski definition) is 1. The van der Waals surface area contributed by atoms with Gasteiger partial charge in [0.1, 0.15) is 5.82 Å². The van der Waals surface area contributed by atoms with E-state index in [4.69, 9.17) is 5.73 Å². The lowest BCUT2D eigenvalue weighted by Gasteiger charge is -2.19. The Morgan fingerprint density at radius 3 is 2.38 bits per heavy atom. The fourth-order valence-electron chi connectivity index (χ4n) is 1.01. The van der Waals surface area contributed by atoms with Gasteiger partial charge < -0.3 is 5.73 Å². The van der Waals surface area contributed by atoms with E-state index in [1.807, 2.05) is 0 Å². The van der Waals surface area contributed by atoms with Crippen LogP contribution in [0.25, 0.3) is 0 Å². The third-order valence-electron chi connectivity index (χ3n) is 1.81. The first-order chi connectivity index (χ1) is 5.84. The van der Waals surface area contributed by atoms with Crippen LogP contribution in [-0.4, -0.2) is 4.98 Å². The highest BCUT2D eigenvalue weighted by molar-refractivity contribution is 5.23. The molecule has 0 spiro atoms. The van der Waals surface area contributed by atoms with Gasteiger partial charge in [-0.25, -0.2) is 8.78 Å². The molecule has 0 saturated carbocycles. The van der Waals surface area contributed by atoms with Gasteiger partial charge in [0.15, 0.2) is 5.82 Å². The van der Waals surface area contributed by atoms with Gasteiger partial charge in [-0.15, -0.1) is 0 Å². The Bertz CT molecular complexity index is 329. The largest absolute Gasteiger partial charge is 0.320 e. The van der Waals surface area contributed by atoms with Crippen molar-refractivity contribution in [2.45, 2.75) is 26.3 Å². The molecule has 1 heterocycles. The Kier molecular flexibility index (Phi) is 2.34. The minimum atomic E-state index is -0.886. The van der Waals surface area contributed by atoms with Crippen LogP contribution >= 0.6 is 0 Å². The van der Waals surface area contributed by atoms with Crippen molar-refractivity contribution in [3.05, 3.63) is 29.1 Å². The zero-order valence-corrected chi connectivity index (χ0v) is 7.86. The van der Waals surface area contributed by atoms with Gasteiger partial charge in [0.05, 0.1) is 17.4 Å². The highest BCUT2D eigenvalue weighted by Gasteiger charge is 2.23. The summed E-state index contributed by atoms with van der Waals surface area (Å²) in [5.74, 6) is -1.31. The minimum Gasteiger partial charge on any atom is -0.320 e. The van der Waals surface area contributed by atoms with Crippen LogP contribution in [0.4, 0.5) is 8.78 Å².